The third-order valence-corrected chi connectivity index (χ3v) is 4.65. The minimum absolute atomic E-state index is 0.215. The molecule has 0 saturated carbocycles. The minimum Gasteiger partial charge on any atom is -0.454 e. The molecule has 0 aliphatic heterocycles. The van der Waals surface area contributed by atoms with Gasteiger partial charge in [0.15, 0.2) is 12.4 Å². The molecule has 0 heterocycles. The zero-order valence-corrected chi connectivity index (χ0v) is 13.8. The van der Waals surface area contributed by atoms with Crippen molar-refractivity contribution in [2.24, 2.45) is 0 Å². The Morgan fingerprint density at radius 3 is 2.43 bits per heavy atom. The number of halogens is 2. The molecule has 0 bridgehead atoms. The highest BCUT2D eigenvalue weighted by Crippen LogP contribution is 2.24. The number of fused-ring (bicyclic) bond motifs is 1. The fraction of sp³-hybridized carbons (Fsp3) is 0.222. The molecule has 118 valence electrons. The molecule has 3 nitrogen and oxygen atoms in total. The number of rotatable bonds is 4. The molecule has 0 radical (unpaired) electrons. The smallest absolute Gasteiger partial charge is 0.338 e. The number of carbonyl (C=O) groups excluding carboxylic acids is 2. The van der Waals surface area contributed by atoms with Gasteiger partial charge in [-0.15, -0.1) is 0 Å². The molecule has 2 aromatic carbocycles. The highest BCUT2D eigenvalue weighted by molar-refractivity contribution is 6.42. The number of hydrogen-bond donors (Lipinski definition) is 0. The normalized spacial score (nSPS) is 12.8. The molecule has 1 aliphatic carbocycles. The van der Waals surface area contributed by atoms with Gasteiger partial charge in [0, 0.05) is 5.56 Å². The van der Waals surface area contributed by atoms with Crippen molar-refractivity contribution in [1.29, 1.82) is 0 Å². The number of benzene rings is 2. The summed E-state index contributed by atoms with van der Waals surface area (Å²) >= 11 is 11.7. The predicted molar refractivity (Wildman–Crippen MR) is 89.5 cm³/mol. The van der Waals surface area contributed by atoms with E-state index in [4.69, 9.17) is 27.9 Å². The second-order valence-electron chi connectivity index (χ2n) is 5.47. The zero-order valence-electron chi connectivity index (χ0n) is 12.3. The Balaban J connectivity index is 1.64. The number of carbonyl (C=O) groups is 2. The summed E-state index contributed by atoms with van der Waals surface area (Å²) in [6, 6.07) is 10.1. The Morgan fingerprint density at radius 1 is 0.913 bits per heavy atom. The van der Waals surface area contributed by atoms with Gasteiger partial charge in [0.1, 0.15) is 0 Å². The van der Waals surface area contributed by atoms with E-state index in [9.17, 15) is 9.59 Å². The molecule has 1 aliphatic rings. The molecule has 0 spiro atoms. The van der Waals surface area contributed by atoms with Crippen LogP contribution in [0.5, 0.6) is 0 Å². The van der Waals surface area contributed by atoms with Crippen molar-refractivity contribution in [3.05, 3.63) is 68.7 Å². The van der Waals surface area contributed by atoms with Crippen LogP contribution in [0.25, 0.3) is 0 Å². The van der Waals surface area contributed by atoms with E-state index < -0.39 is 5.97 Å². The number of ketones is 1. The third-order valence-electron chi connectivity index (χ3n) is 3.91. The van der Waals surface area contributed by atoms with Gasteiger partial charge in [-0.3, -0.25) is 4.79 Å². The number of aryl methyl sites for hydroxylation is 2. The SMILES string of the molecule is O=C(COC(=O)c1ccc(Cl)c(Cl)c1)c1ccc2c(c1)CCC2. The number of esters is 1. The van der Waals surface area contributed by atoms with Crippen LogP contribution in [0.2, 0.25) is 10.0 Å². The van der Waals surface area contributed by atoms with Gasteiger partial charge in [-0.25, -0.2) is 4.79 Å². The van der Waals surface area contributed by atoms with Crippen LogP contribution in [-0.4, -0.2) is 18.4 Å². The zero-order chi connectivity index (χ0) is 16.4. The van der Waals surface area contributed by atoms with E-state index in [0.29, 0.717) is 10.6 Å². The number of hydrogen-bond acceptors (Lipinski definition) is 3. The van der Waals surface area contributed by atoms with Crippen LogP contribution in [0.1, 0.15) is 38.3 Å². The van der Waals surface area contributed by atoms with Gasteiger partial charge in [0.05, 0.1) is 15.6 Å². The van der Waals surface area contributed by atoms with Gasteiger partial charge in [-0.05, 0) is 54.7 Å². The molecule has 0 aromatic heterocycles. The lowest BCUT2D eigenvalue weighted by Crippen LogP contribution is -2.14. The molecule has 0 amide bonds. The highest BCUT2D eigenvalue weighted by Gasteiger charge is 2.16. The molecular formula is C18H14Cl2O3. The lowest BCUT2D eigenvalue weighted by atomic mass is 10.0. The summed E-state index contributed by atoms with van der Waals surface area (Å²) in [7, 11) is 0. The minimum atomic E-state index is -0.599. The van der Waals surface area contributed by atoms with E-state index in [1.165, 1.54) is 29.3 Å². The van der Waals surface area contributed by atoms with Crippen LogP contribution < -0.4 is 0 Å². The number of Topliss-reactive ketones (excluding diaryl/α,β-unsaturated/α-hetero) is 1. The summed E-state index contributed by atoms with van der Waals surface area (Å²) in [5, 5.41) is 0.628. The highest BCUT2D eigenvalue weighted by atomic mass is 35.5. The Kier molecular flexibility index (Phi) is 4.69. The maximum Gasteiger partial charge on any atom is 0.338 e. The van der Waals surface area contributed by atoms with E-state index in [-0.39, 0.29) is 23.0 Å². The number of ether oxygens (including phenoxy) is 1. The lowest BCUT2D eigenvalue weighted by molar-refractivity contribution is 0.0475. The fourth-order valence-corrected chi connectivity index (χ4v) is 2.96. The van der Waals surface area contributed by atoms with Crippen molar-refractivity contribution < 1.29 is 14.3 Å². The standard InChI is InChI=1S/C18H14Cl2O3/c19-15-7-6-14(9-16(15)20)18(22)23-10-17(21)13-5-4-11-2-1-3-12(11)8-13/h4-9H,1-3,10H2. The Bertz CT molecular complexity index is 784. The van der Waals surface area contributed by atoms with Gasteiger partial charge < -0.3 is 4.74 Å². The van der Waals surface area contributed by atoms with Crippen LogP contribution in [0, 0.1) is 0 Å². The summed E-state index contributed by atoms with van der Waals surface area (Å²) in [5.74, 6) is -0.814. The fourth-order valence-electron chi connectivity index (χ4n) is 2.67. The lowest BCUT2D eigenvalue weighted by Gasteiger charge is -2.07. The van der Waals surface area contributed by atoms with Gasteiger partial charge in [0.25, 0.3) is 0 Å². The van der Waals surface area contributed by atoms with E-state index in [1.54, 1.807) is 6.07 Å². The molecule has 0 atom stereocenters. The van der Waals surface area contributed by atoms with Crippen molar-refractivity contribution in [3.63, 3.8) is 0 Å². The summed E-state index contributed by atoms with van der Waals surface area (Å²) in [6.07, 6.45) is 3.19. The Labute approximate surface area is 144 Å². The van der Waals surface area contributed by atoms with Gasteiger partial charge in [-0.2, -0.15) is 0 Å². The van der Waals surface area contributed by atoms with Crippen LogP contribution in [-0.2, 0) is 17.6 Å². The molecule has 0 fully saturated rings. The Morgan fingerprint density at radius 2 is 1.65 bits per heavy atom. The van der Waals surface area contributed by atoms with E-state index in [1.807, 2.05) is 12.1 Å². The average Bonchev–Trinajstić information content (AvgIpc) is 3.02. The summed E-state index contributed by atoms with van der Waals surface area (Å²) in [5.41, 5.74) is 3.36. The first-order valence-corrected chi connectivity index (χ1v) is 8.07. The molecule has 0 N–H and O–H groups in total. The largest absolute Gasteiger partial charge is 0.454 e. The van der Waals surface area contributed by atoms with Gasteiger partial charge in [-0.1, -0.05) is 35.3 Å². The molecule has 2 aromatic rings. The maximum atomic E-state index is 12.2. The van der Waals surface area contributed by atoms with Crippen LogP contribution in [0.3, 0.4) is 0 Å². The molecular weight excluding hydrogens is 335 g/mol. The van der Waals surface area contributed by atoms with Crippen LogP contribution in [0.15, 0.2) is 36.4 Å². The van der Waals surface area contributed by atoms with E-state index in [0.717, 1.165) is 19.3 Å². The first-order chi connectivity index (χ1) is 11.0. The van der Waals surface area contributed by atoms with E-state index in [2.05, 4.69) is 0 Å². The molecule has 0 unspecified atom stereocenters. The second kappa shape index (κ2) is 6.73. The van der Waals surface area contributed by atoms with Crippen molar-refractivity contribution in [3.8, 4) is 0 Å². The van der Waals surface area contributed by atoms with Crippen molar-refractivity contribution in [2.45, 2.75) is 19.3 Å². The van der Waals surface area contributed by atoms with Gasteiger partial charge >= 0.3 is 5.97 Å². The third kappa shape index (κ3) is 3.57. The predicted octanol–water partition coefficient (Wildman–Crippen LogP) is 4.52. The molecule has 3 rings (SSSR count). The monoisotopic (exact) mass is 348 g/mol. The molecule has 5 heteroatoms. The van der Waals surface area contributed by atoms with Crippen molar-refractivity contribution >= 4 is 35.0 Å². The second-order valence-corrected chi connectivity index (χ2v) is 6.28. The molecule has 23 heavy (non-hydrogen) atoms. The summed E-state index contributed by atoms with van der Waals surface area (Å²) < 4.78 is 5.07. The first-order valence-electron chi connectivity index (χ1n) is 7.32. The van der Waals surface area contributed by atoms with Crippen LogP contribution >= 0.6 is 23.2 Å². The Hall–Kier alpha value is -1.84. The molecule has 0 saturated heterocycles. The quantitative estimate of drug-likeness (QED) is 0.602. The first kappa shape index (κ1) is 16.0. The van der Waals surface area contributed by atoms with Gasteiger partial charge in [0.2, 0.25) is 0 Å². The average molecular weight is 349 g/mol. The summed E-state index contributed by atoms with van der Waals surface area (Å²) in [6.45, 7) is -0.294. The summed E-state index contributed by atoms with van der Waals surface area (Å²) in [4.78, 5) is 24.1. The van der Waals surface area contributed by atoms with E-state index >= 15 is 0 Å². The topological polar surface area (TPSA) is 43.4 Å². The van der Waals surface area contributed by atoms with Crippen molar-refractivity contribution in [2.75, 3.05) is 6.61 Å². The maximum absolute atomic E-state index is 12.2. The van der Waals surface area contributed by atoms with Crippen LogP contribution in [0.4, 0.5) is 0 Å². The van der Waals surface area contributed by atoms with Crippen molar-refractivity contribution in [1.82, 2.24) is 0 Å².